The number of anilines is 1. The second-order valence-electron chi connectivity index (χ2n) is 3.26. The van der Waals surface area contributed by atoms with Gasteiger partial charge in [-0.25, -0.2) is 0 Å². The van der Waals surface area contributed by atoms with Crippen LogP contribution >= 0.6 is 0 Å². The minimum Gasteiger partial charge on any atom is -0.396 e. The Hall–Kier alpha value is -1.88. The van der Waals surface area contributed by atoms with E-state index in [0.29, 0.717) is 11.4 Å². The number of methoxy groups -OCH3 is 1. The highest BCUT2D eigenvalue weighted by Crippen LogP contribution is 2.13. The molecule has 0 bridgehead atoms. The quantitative estimate of drug-likeness (QED) is 0.654. The number of pyridine rings is 1. The summed E-state index contributed by atoms with van der Waals surface area (Å²) in [6.45, 7) is 1.86. The fraction of sp³-hybridized carbons (Fsp3) is 0.273. The van der Waals surface area contributed by atoms with Crippen LogP contribution in [0, 0.1) is 5.41 Å². The first-order chi connectivity index (χ1) is 7.69. The van der Waals surface area contributed by atoms with Crippen molar-refractivity contribution in [2.45, 2.75) is 13.0 Å². The molecule has 5 heteroatoms. The number of allylic oxidation sites excluding steroid dienone is 1. The third kappa shape index (κ3) is 3.06. The smallest absolute Gasteiger partial charge is 0.0962 e. The van der Waals surface area contributed by atoms with Crippen LogP contribution in [0.15, 0.2) is 35.9 Å². The van der Waals surface area contributed by atoms with Gasteiger partial charge in [-0.3, -0.25) is 4.98 Å². The van der Waals surface area contributed by atoms with Crippen molar-refractivity contribution in [1.29, 1.82) is 5.41 Å². The number of ether oxygens (including phenoxy) is 1. The molecule has 0 radical (unpaired) electrons. The molecule has 1 rings (SSSR count). The van der Waals surface area contributed by atoms with Crippen LogP contribution in [-0.4, -0.2) is 24.4 Å². The zero-order valence-corrected chi connectivity index (χ0v) is 9.40. The Morgan fingerprint density at radius 2 is 2.44 bits per heavy atom. The third-order valence-corrected chi connectivity index (χ3v) is 2.17. The zero-order chi connectivity index (χ0) is 12.0. The van der Waals surface area contributed by atoms with Gasteiger partial charge in [0.15, 0.2) is 0 Å². The maximum absolute atomic E-state index is 7.15. The van der Waals surface area contributed by atoms with Crippen LogP contribution in [0.2, 0.25) is 0 Å². The van der Waals surface area contributed by atoms with E-state index in [1.54, 1.807) is 19.5 Å². The molecule has 0 aromatic carbocycles. The Kier molecular flexibility index (Phi) is 4.47. The molecule has 0 saturated heterocycles. The molecule has 0 aliphatic carbocycles. The molecule has 86 valence electrons. The van der Waals surface area contributed by atoms with Gasteiger partial charge in [0.05, 0.1) is 29.4 Å². The summed E-state index contributed by atoms with van der Waals surface area (Å²) in [5.41, 5.74) is 7.53. The molecular formula is C11H16N4O. The molecule has 5 nitrogen and oxygen atoms in total. The molecule has 0 amide bonds. The first kappa shape index (κ1) is 12.2. The Morgan fingerprint density at radius 3 is 2.94 bits per heavy atom. The minimum absolute atomic E-state index is 0.207. The van der Waals surface area contributed by atoms with Crippen LogP contribution in [-0.2, 0) is 4.74 Å². The van der Waals surface area contributed by atoms with Crippen LogP contribution in [0.4, 0.5) is 5.69 Å². The van der Waals surface area contributed by atoms with Crippen LogP contribution in [0.25, 0.3) is 0 Å². The number of nitrogens with zero attached hydrogens (tertiary/aromatic N) is 1. The van der Waals surface area contributed by atoms with E-state index in [1.165, 1.54) is 0 Å². The molecule has 1 heterocycles. The molecule has 1 atom stereocenters. The Labute approximate surface area is 94.8 Å². The number of rotatable bonds is 5. The van der Waals surface area contributed by atoms with Crippen molar-refractivity contribution in [3.05, 3.63) is 35.9 Å². The van der Waals surface area contributed by atoms with Gasteiger partial charge in [0.2, 0.25) is 0 Å². The largest absolute Gasteiger partial charge is 0.396 e. The number of aromatic nitrogens is 1. The number of hydrogen-bond donors (Lipinski definition) is 3. The second kappa shape index (κ2) is 5.87. The van der Waals surface area contributed by atoms with E-state index in [2.05, 4.69) is 10.3 Å². The molecular weight excluding hydrogens is 204 g/mol. The lowest BCUT2D eigenvalue weighted by molar-refractivity contribution is 0.147. The molecule has 4 N–H and O–H groups in total. The van der Waals surface area contributed by atoms with Gasteiger partial charge in [0, 0.05) is 19.5 Å². The lowest BCUT2D eigenvalue weighted by Gasteiger charge is -2.18. The predicted molar refractivity (Wildman–Crippen MR) is 64.3 cm³/mol. The molecule has 16 heavy (non-hydrogen) atoms. The number of nitrogens with one attached hydrogen (secondary N) is 2. The Balaban J connectivity index is 2.93. The first-order valence-corrected chi connectivity index (χ1v) is 4.89. The summed E-state index contributed by atoms with van der Waals surface area (Å²) >= 11 is 0. The number of hydrogen-bond acceptors (Lipinski definition) is 5. The third-order valence-electron chi connectivity index (χ3n) is 2.17. The molecule has 0 aliphatic rings. The number of nitrogens with two attached hydrogens (primary N) is 1. The SMILES string of the molecule is CO[C@@H](C)/C(Nc1cccnc1)=C(\N)C=N. The van der Waals surface area contributed by atoms with E-state index >= 15 is 0 Å². The highest BCUT2D eigenvalue weighted by Gasteiger charge is 2.11. The topological polar surface area (TPSA) is 84.0 Å². The van der Waals surface area contributed by atoms with Gasteiger partial charge in [-0.15, -0.1) is 0 Å². The Morgan fingerprint density at radius 1 is 1.69 bits per heavy atom. The summed E-state index contributed by atoms with van der Waals surface area (Å²) < 4.78 is 5.18. The normalized spacial score (nSPS) is 13.9. The highest BCUT2D eigenvalue weighted by molar-refractivity contribution is 5.77. The maximum Gasteiger partial charge on any atom is 0.0962 e. The fourth-order valence-electron chi connectivity index (χ4n) is 1.20. The summed E-state index contributed by atoms with van der Waals surface area (Å²) in [4.78, 5) is 3.98. The fourth-order valence-corrected chi connectivity index (χ4v) is 1.20. The zero-order valence-electron chi connectivity index (χ0n) is 9.40. The van der Waals surface area contributed by atoms with Crippen molar-refractivity contribution in [2.24, 2.45) is 5.73 Å². The minimum atomic E-state index is -0.207. The van der Waals surface area contributed by atoms with Gasteiger partial charge in [0.1, 0.15) is 0 Å². The van der Waals surface area contributed by atoms with Gasteiger partial charge in [0.25, 0.3) is 0 Å². The highest BCUT2D eigenvalue weighted by atomic mass is 16.5. The molecule has 0 fully saturated rings. The van der Waals surface area contributed by atoms with E-state index in [4.69, 9.17) is 15.9 Å². The summed E-state index contributed by atoms with van der Waals surface area (Å²) in [5, 5.41) is 10.3. The van der Waals surface area contributed by atoms with E-state index < -0.39 is 0 Å². The van der Waals surface area contributed by atoms with Crippen LogP contribution in [0.5, 0.6) is 0 Å². The molecule has 1 aromatic rings. The Bertz CT molecular complexity index is 375. The van der Waals surface area contributed by atoms with Crippen molar-refractivity contribution in [3.63, 3.8) is 0 Å². The van der Waals surface area contributed by atoms with E-state index in [9.17, 15) is 0 Å². The van der Waals surface area contributed by atoms with Gasteiger partial charge in [-0.1, -0.05) is 0 Å². The lowest BCUT2D eigenvalue weighted by atomic mass is 10.2. The summed E-state index contributed by atoms with van der Waals surface area (Å²) in [6.07, 6.45) is 4.25. The molecule has 0 unspecified atom stereocenters. The van der Waals surface area contributed by atoms with Gasteiger partial charge in [-0.05, 0) is 19.1 Å². The first-order valence-electron chi connectivity index (χ1n) is 4.89. The molecule has 0 aliphatic heterocycles. The molecule has 1 aromatic heterocycles. The second-order valence-corrected chi connectivity index (χ2v) is 3.26. The average Bonchev–Trinajstić information content (AvgIpc) is 2.35. The van der Waals surface area contributed by atoms with Crippen LogP contribution in [0.3, 0.4) is 0 Å². The van der Waals surface area contributed by atoms with Crippen molar-refractivity contribution < 1.29 is 4.74 Å². The maximum atomic E-state index is 7.15. The van der Waals surface area contributed by atoms with Gasteiger partial charge in [-0.2, -0.15) is 0 Å². The average molecular weight is 220 g/mol. The van der Waals surface area contributed by atoms with Gasteiger partial charge < -0.3 is 21.2 Å². The van der Waals surface area contributed by atoms with Crippen LogP contribution < -0.4 is 11.1 Å². The van der Waals surface area contributed by atoms with E-state index in [0.717, 1.165) is 11.9 Å². The van der Waals surface area contributed by atoms with Crippen LogP contribution in [0.1, 0.15) is 6.92 Å². The lowest BCUT2D eigenvalue weighted by Crippen LogP contribution is -2.22. The molecule has 0 saturated carbocycles. The summed E-state index contributed by atoms with van der Waals surface area (Å²) in [5.74, 6) is 0. The van der Waals surface area contributed by atoms with Crippen molar-refractivity contribution in [3.8, 4) is 0 Å². The standard InChI is InChI=1S/C11H16N4O/c1-8(16-2)11(10(13)6-12)15-9-4-3-5-14-7-9/h3-8,12,15H,13H2,1-2H3/b11-10+,12-6?/t8-/m0/s1. The van der Waals surface area contributed by atoms with E-state index in [1.807, 2.05) is 19.1 Å². The predicted octanol–water partition coefficient (Wildman–Crippen LogP) is 1.35. The van der Waals surface area contributed by atoms with Crippen molar-refractivity contribution in [2.75, 3.05) is 12.4 Å². The monoisotopic (exact) mass is 220 g/mol. The van der Waals surface area contributed by atoms with E-state index in [-0.39, 0.29) is 6.10 Å². The van der Waals surface area contributed by atoms with Gasteiger partial charge >= 0.3 is 0 Å². The molecule has 0 spiro atoms. The summed E-state index contributed by atoms with van der Waals surface area (Å²) in [7, 11) is 1.59. The van der Waals surface area contributed by atoms with Crippen molar-refractivity contribution >= 4 is 11.9 Å². The van der Waals surface area contributed by atoms with Crippen molar-refractivity contribution in [1.82, 2.24) is 4.98 Å². The summed E-state index contributed by atoms with van der Waals surface area (Å²) in [6, 6.07) is 3.69.